The molecule has 2 N–H and O–H groups in total. The summed E-state index contributed by atoms with van der Waals surface area (Å²) in [5.74, 6) is 0.00871. The van der Waals surface area contributed by atoms with Crippen molar-refractivity contribution >= 4 is 11.6 Å². The van der Waals surface area contributed by atoms with Gasteiger partial charge in [-0.1, -0.05) is 0 Å². The molecule has 1 heterocycles. The van der Waals surface area contributed by atoms with Crippen molar-refractivity contribution in [1.29, 1.82) is 0 Å². The number of amides is 1. The molecule has 20 heavy (non-hydrogen) atoms. The van der Waals surface area contributed by atoms with Gasteiger partial charge in [0.15, 0.2) is 5.69 Å². The van der Waals surface area contributed by atoms with Crippen molar-refractivity contribution in [2.75, 3.05) is 12.4 Å². The van der Waals surface area contributed by atoms with E-state index in [0.29, 0.717) is 17.3 Å². The zero-order chi connectivity index (χ0) is 14.1. The van der Waals surface area contributed by atoms with Gasteiger partial charge >= 0.3 is 0 Å². The Morgan fingerprint density at radius 2 is 2.25 bits per heavy atom. The zero-order valence-corrected chi connectivity index (χ0v) is 10.9. The molecule has 0 unspecified atom stereocenters. The fourth-order valence-corrected chi connectivity index (χ4v) is 2.01. The maximum atomic E-state index is 13.1. The van der Waals surface area contributed by atoms with Crippen molar-refractivity contribution in [1.82, 2.24) is 10.2 Å². The summed E-state index contributed by atoms with van der Waals surface area (Å²) in [4.78, 5) is 12.1. The number of hydrogen-bond acceptors (Lipinski definition) is 3. The standard InChI is InChI=1S/C14H14FN3O2/c1-20-13-6-9(15)4-5-10(13)16-14(19)12-7-11(17-18-12)8-2-3-8/h4-8H,2-3H2,1H3,(H,16,19)(H,17,18). The van der Waals surface area contributed by atoms with Crippen LogP contribution < -0.4 is 10.1 Å². The SMILES string of the molecule is COc1cc(F)ccc1NC(=O)c1cc(C2CC2)[nH]n1. The molecule has 5 nitrogen and oxygen atoms in total. The fraction of sp³-hybridized carbons (Fsp3) is 0.286. The molecule has 3 rings (SSSR count). The Morgan fingerprint density at radius 1 is 1.45 bits per heavy atom. The van der Waals surface area contributed by atoms with Crippen LogP contribution in [-0.4, -0.2) is 23.2 Å². The van der Waals surface area contributed by atoms with E-state index >= 15 is 0 Å². The van der Waals surface area contributed by atoms with Crippen molar-refractivity contribution in [3.05, 3.63) is 41.5 Å². The summed E-state index contributed by atoms with van der Waals surface area (Å²) in [6, 6.07) is 5.69. The summed E-state index contributed by atoms with van der Waals surface area (Å²) in [6.45, 7) is 0. The van der Waals surface area contributed by atoms with Gasteiger partial charge < -0.3 is 10.1 Å². The van der Waals surface area contributed by atoms with Crippen LogP contribution in [0.15, 0.2) is 24.3 Å². The van der Waals surface area contributed by atoms with Crippen LogP contribution in [0.5, 0.6) is 5.75 Å². The molecule has 1 aromatic carbocycles. The van der Waals surface area contributed by atoms with E-state index in [0.717, 1.165) is 18.5 Å². The third kappa shape index (κ3) is 2.49. The van der Waals surface area contributed by atoms with Crippen molar-refractivity contribution < 1.29 is 13.9 Å². The normalized spacial score (nSPS) is 14.1. The van der Waals surface area contributed by atoms with Crippen LogP contribution in [0.25, 0.3) is 0 Å². The van der Waals surface area contributed by atoms with E-state index in [1.807, 2.05) is 0 Å². The van der Waals surface area contributed by atoms with Gasteiger partial charge in [-0.25, -0.2) is 4.39 Å². The maximum absolute atomic E-state index is 13.1. The number of carbonyl (C=O) groups is 1. The highest BCUT2D eigenvalue weighted by Crippen LogP contribution is 2.39. The monoisotopic (exact) mass is 275 g/mol. The Morgan fingerprint density at radius 3 is 2.95 bits per heavy atom. The Labute approximate surface area is 115 Å². The highest BCUT2D eigenvalue weighted by Gasteiger charge is 2.26. The average Bonchev–Trinajstić information content (AvgIpc) is 3.18. The number of H-pyrrole nitrogens is 1. The molecule has 1 fully saturated rings. The summed E-state index contributed by atoms with van der Waals surface area (Å²) < 4.78 is 18.1. The summed E-state index contributed by atoms with van der Waals surface area (Å²) >= 11 is 0. The molecule has 1 aliphatic rings. The summed E-state index contributed by atoms with van der Waals surface area (Å²) in [7, 11) is 1.42. The molecule has 1 aromatic heterocycles. The smallest absolute Gasteiger partial charge is 0.276 e. The number of anilines is 1. The molecule has 0 atom stereocenters. The van der Waals surface area contributed by atoms with Crippen molar-refractivity contribution in [3.63, 3.8) is 0 Å². The molecular formula is C14H14FN3O2. The number of hydrogen-bond donors (Lipinski definition) is 2. The van der Waals surface area contributed by atoms with Crippen LogP contribution >= 0.6 is 0 Å². The molecule has 1 saturated carbocycles. The second kappa shape index (κ2) is 4.96. The van der Waals surface area contributed by atoms with Crippen molar-refractivity contribution in [2.45, 2.75) is 18.8 Å². The highest BCUT2D eigenvalue weighted by molar-refractivity contribution is 6.03. The van der Waals surface area contributed by atoms with Gasteiger partial charge in [0.2, 0.25) is 0 Å². The number of halogens is 1. The van der Waals surface area contributed by atoms with Gasteiger partial charge in [-0.3, -0.25) is 9.89 Å². The summed E-state index contributed by atoms with van der Waals surface area (Å²) in [6.07, 6.45) is 2.27. The largest absolute Gasteiger partial charge is 0.494 e. The Kier molecular flexibility index (Phi) is 3.14. The number of methoxy groups -OCH3 is 1. The Hall–Kier alpha value is -2.37. The number of rotatable bonds is 4. The van der Waals surface area contributed by atoms with Crippen LogP contribution in [0.1, 0.15) is 34.9 Å². The number of carbonyl (C=O) groups excluding carboxylic acids is 1. The molecule has 104 valence electrons. The molecule has 1 aliphatic carbocycles. The lowest BCUT2D eigenvalue weighted by Crippen LogP contribution is -2.13. The van der Waals surface area contributed by atoms with Crippen molar-refractivity contribution in [2.24, 2.45) is 0 Å². The summed E-state index contributed by atoms with van der Waals surface area (Å²) in [5.41, 5.74) is 1.72. The number of aromatic nitrogens is 2. The predicted molar refractivity (Wildman–Crippen MR) is 71.5 cm³/mol. The highest BCUT2D eigenvalue weighted by atomic mass is 19.1. The van der Waals surface area contributed by atoms with E-state index in [1.54, 1.807) is 6.07 Å². The van der Waals surface area contributed by atoms with Gasteiger partial charge in [-0.15, -0.1) is 0 Å². The number of benzene rings is 1. The molecule has 0 bridgehead atoms. The van der Waals surface area contributed by atoms with E-state index in [2.05, 4.69) is 15.5 Å². The zero-order valence-electron chi connectivity index (χ0n) is 10.9. The van der Waals surface area contributed by atoms with E-state index in [4.69, 9.17) is 4.74 Å². The molecule has 2 aromatic rings. The van der Waals surface area contributed by atoms with Gasteiger partial charge in [-0.05, 0) is 31.0 Å². The Balaban J connectivity index is 1.77. The molecular weight excluding hydrogens is 261 g/mol. The molecule has 6 heteroatoms. The molecule has 0 saturated heterocycles. The lowest BCUT2D eigenvalue weighted by molar-refractivity contribution is 0.102. The van der Waals surface area contributed by atoms with E-state index < -0.39 is 5.82 Å². The van der Waals surface area contributed by atoms with Crippen LogP contribution in [-0.2, 0) is 0 Å². The Bertz CT molecular complexity index is 650. The first-order chi connectivity index (χ1) is 9.67. The van der Waals surface area contributed by atoms with Crippen LogP contribution in [0.4, 0.5) is 10.1 Å². The minimum absolute atomic E-state index is 0.274. The molecule has 1 amide bonds. The average molecular weight is 275 g/mol. The minimum atomic E-state index is -0.421. The van der Waals surface area contributed by atoms with E-state index in [9.17, 15) is 9.18 Å². The quantitative estimate of drug-likeness (QED) is 0.901. The number of ether oxygens (including phenoxy) is 1. The maximum Gasteiger partial charge on any atom is 0.276 e. The lowest BCUT2D eigenvalue weighted by atomic mass is 10.2. The van der Waals surface area contributed by atoms with Crippen LogP contribution in [0.3, 0.4) is 0 Å². The van der Waals surface area contributed by atoms with Crippen LogP contribution in [0, 0.1) is 5.82 Å². The lowest BCUT2D eigenvalue weighted by Gasteiger charge is -2.08. The summed E-state index contributed by atoms with van der Waals surface area (Å²) in [5, 5.41) is 9.53. The number of nitrogens with one attached hydrogen (secondary N) is 2. The fourth-order valence-electron chi connectivity index (χ4n) is 2.01. The van der Waals surface area contributed by atoms with Gasteiger partial charge in [-0.2, -0.15) is 5.10 Å². The topological polar surface area (TPSA) is 67.0 Å². The van der Waals surface area contributed by atoms with Gasteiger partial charge in [0.25, 0.3) is 5.91 Å². The van der Waals surface area contributed by atoms with E-state index in [-0.39, 0.29) is 11.7 Å². The molecule has 0 radical (unpaired) electrons. The third-order valence-electron chi connectivity index (χ3n) is 3.26. The number of nitrogens with zero attached hydrogens (tertiary/aromatic N) is 1. The van der Waals surface area contributed by atoms with Crippen LogP contribution in [0.2, 0.25) is 0 Å². The third-order valence-corrected chi connectivity index (χ3v) is 3.26. The van der Waals surface area contributed by atoms with Crippen molar-refractivity contribution in [3.8, 4) is 5.75 Å². The first kappa shape index (κ1) is 12.7. The predicted octanol–water partition coefficient (Wildman–Crippen LogP) is 2.69. The van der Waals surface area contributed by atoms with Gasteiger partial charge in [0, 0.05) is 17.7 Å². The number of aromatic amines is 1. The van der Waals surface area contributed by atoms with E-state index in [1.165, 1.54) is 25.3 Å². The van der Waals surface area contributed by atoms with Gasteiger partial charge in [0.05, 0.1) is 12.8 Å². The second-order valence-electron chi connectivity index (χ2n) is 4.78. The second-order valence-corrected chi connectivity index (χ2v) is 4.78. The molecule has 0 spiro atoms. The molecule has 0 aliphatic heterocycles. The first-order valence-corrected chi connectivity index (χ1v) is 6.37. The van der Waals surface area contributed by atoms with Gasteiger partial charge in [0.1, 0.15) is 11.6 Å². The minimum Gasteiger partial charge on any atom is -0.494 e. The first-order valence-electron chi connectivity index (χ1n) is 6.37.